The Morgan fingerprint density at radius 1 is 1.12 bits per heavy atom. The summed E-state index contributed by atoms with van der Waals surface area (Å²) in [5.41, 5.74) is 0. The SMILES string of the molecule is CCC(C)NCCN(CCOC)C(C)CC. The molecule has 1 N–H and O–H groups in total. The Hall–Kier alpha value is -0.120. The molecule has 0 bridgehead atoms. The van der Waals surface area contributed by atoms with Crippen molar-refractivity contribution in [3.63, 3.8) is 0 Å². The van der Waals surface area contributed by atoms with Gasteiger partial charge in [0.25, 0.3) is 0 Å². The molecule has 0 aliphatic rings. The zero-order valence-electron chi connectivity index (χ0n) is 11.8. The molecule has 2 unspecified atom stereocenters. The van der Waals surface area contributed by atoms with Gasteiger partial charge in [0.2, 0.25) is 0 Å². The van der Waals surface area contributed by atoms with Crippen LogP contribution in [0.1, 0.15) is 40.5 Å². The third-order valence-electron chi connectivity index (χ3n) is 3.30. The van der Waals surface area contributed by atoms with Crippen molar-refractivity contribution in [3.8, 4) is 0 Å². The largest absolute Gasteiger partial charge is 0.383 e. The fraction of sp³-hybridized carbons (Fsp3) is 1.00. The van der Waals surface area contributed by atoms with E-state index in [2.05, 4.69) is 37.9 Å². The van der Waals surface area contributed by atoms with E-state index in [1.165, 1.54) is 12.8 Å². The number of rotatable bonds is 10. The highest BCUT2D eigenvalue weighted by molar-refractivity contribution is 4.68. The van der Waals surface area contributed by atoms with Crippen LogP contribution in [-0.4, -0.2) is 50.3 Å². The van der Waals surface area contributed by atoms with Gasteiger partial charge in [0.1, 0.15) is 0 Å². The van der Waals surface area contributed by atoms with Gasteiger partial charge >= 0.3 is 0 Å². The molecule has 0 saturated carbocycles. The Morgan fingerprint density at radius 2 is 1.81 bits per heavy atom. The number of nitrogens with one attached hydrogen (secondary N) is 1. The Labute approximate surface area is 102 Å². The first kappa shape index (κ1) is 15.9. The van der Waals surface area contributed by atoms with Crippen LogP contribution in [-0.2, 0) is 4.74 Å². The van der Waals surface area contributed by atoms with Crippen LogP contribution in [0.2, 0.25) is 0 Å². The summed E-state index contributed by atoms with van der Waals surface area (Å²) in [6.45, 7) is 13.0. The predicted molar refractivity (Wildman–Crippen MR) is 71.0 cm³/mol. The standard InChI is InChI=1S/C13H30N2O/c1-6-12(3)14-8-9-15(10-11-16-5)13(4)7-2/h12-14H,6-11H2,1-5H3. The lowest BCUT2D eigenvalue weighted by Crippen LogP contribution is -2.41. The summed E-state index contributed by atoms with van der Waals surface area (Å²) in [6.07, 6.45) is 2.40. The molecule has 0 aliphatic carbocycles. The van der Waals surface area contributed by atoms with Gasteiger partial charge in [0, 0.05) is 38.8 Å². The molecule has 0 fully saturated rings. The first-order valence-corrected chi connectivity index (χ1v) is 6.62. The van der Waals surface area contributed by atoms with Gasteiger partial charge in [0.15, 0.2) is 0 Å². The molecule has 3 heteroatoms. The first-order valence-electron chi connectivity index (χ1n) is 6.62. The molecule has 0 spiro atoms. The van der Waals surface area contributed by atoms with Crippen LogP contribution < -0.4 is 5.32 Å². The quantitative estimate of drug-likeness (QED) is 0.622. The summed E-state index contributed by atoms with van der Waals surface area (Å²) in [5, 5.41) is 3.54. The molecular formula is C13H30N2O. The molecule has 0 amide bonds. The second kappa shape index (κ2) is 10.1. The number of ether oxygens (including phenoxy) is 1. The summed E-state index contributed by atoms with van der Waals surface area (Å²) in [4.78, 5) is 2.50. The highest BCUT2D eigenvalue weighted by Crippen LogP contribution is 2.02. The average molecular weight is 230 g/mol. The molecule has 0 saturated heterocycles. The van der Waals surface area contributed by atoms with Gasteiger partial charge in [-0.2, -0.15) is 0 Å². The third-order valence-corrected chi connectivity index (χ3v) is 3.30. The number of hydrogen-bond acceptors (Lipinski definition) is 3. The van der Waals surface area contributed by atoms with Crippen molar-refractivity contribution in [2.75, 3.05) is 33.4 Å². The van der Waals surface area contributed by atoms with E-state index in [9.17, 15) is 0 Å². The van der Waals surface area contributed by atoms with Crippen LogP contribution in [0.15, 0.2) is 0 Å². The summed E-state index contributed by atoms with van der Waals surface area (Å²) in [6, 6.07) is 1.27. The smallest absolute Gasteiger partial charge is 0.0589 e. The Balaban J connectivity index is 3.82. The molecule has 0 aliphatic heterocycles. The van der Waals surface area contributed by atoms with Crippen molar-refractivity contribution >= 4 is 0 Å². The van der Waals surface area contributed by atoms with Crippen molar-refractivity contribution in [2.45, 2.75) is 52.6 Å². The Bertz CT molecular complexity index is 153. The highest BCUT2D eigenvalue weighted by Gasteiger charge is 2.11. The summed E-state index contributed by atoms with van der Waals surface area (Å²) in [5.74, 6) is 0. The van der Waals surface area contributed by atoms with Crippen molar-refractivity contribution in [1.29, 1.82) is 0 Å². The van der Waals surface area contributed by atoms with Crippen molar-refractivity contribution in [3.05, 3.63) is 0 Å². The maximum Gasteiger partial charge on any atom is 0.0589 e. The van der Waals surface area contributed by atoms with Gasteiger partial charge in [-0.05, 0) is 26.7 Å². The van der Waals surface area contributed by atoms with Crippen LogP contribution in [0.5, 0.6) is 0 Å². The molecule has 16 heavy (non-hydrogen) atoms. The second-order valence-corrected chi connectivity index (χ2v) is 4.55. The topological polar surface area (TPSA) is 24.5 Å². The fourth-order valence-electron chi connectivity index (χ4n) is 1.62. The van der Waals surface area contributed by atoms with Crippen LogP contribution in [0.4, 0.5) is 0 Å². The molecule has 0 rings (SSSR count). The van der Waals surface area contributed by atoms with Gasteiger partial charge in [-0.15, -0.1) is 0 Å². The van der Waals surface area contributed by atoms with E-state index in [4.69, 9.17) is 4.74 Å². The van der Waals surface area contributed by atoms with E-state index in [0.717, 1.165) is 26.2 Å². The average Bonchev–Trinajstić information content (AvgIpc) is 2.32. The molecule has 2 atom stereocenters. The predicted octanol–water partition coefficient (Wildman–Crippen LogP) is 2.12. The molecule has 0 radical (unpaired) electrons. The van der Waals surface area contributed by atoms with Crippen LogP contribution in [0.25, 0.3) is 0 Å². The third kappa shape index (κ3) is 7.20. The van der Waals surface area contributed by atoms with E-state index < -0.39 is 0 Å². The van der Waals surface area contributed by atoms with Crippen molar-refractivity contribution < 1.29 is 4.74 Å². The monoisotopic (exact) mass is 230 g/mol. The minimum absolute atomic E-state index is 0.626. The molecule has 3 nitrogen and oxygen atoms in total. The molecule has 0 aromatic heterocycles. The summed E-state index contributed by atoms with van der Waals surface area (Å²) >= 11 is 0. The molecule has 0 aromatic carbocycles. The van der Waals surface area contributed by atoms with Gasteiger partial charge < -0.3 is 10.1 Å². The highest BCUT2D eigenvalue weighted by atomic mass is 16.5. The van der Waals surface area contributed by atoms with E-state index >= 15 is 0 Å². The lowest BCUT2D eigenvalue weighted by molar-refractivity contribution is 0.123. The maximum atomic E-state index is 5.15. The van der Waals surface area contributed by atoms with Crippen LogP contribution in [0.3, 0.4) is 0 Å². The first-order chi connectivity index (χ1) is 7.65. The van der Waals surface area contributed by atoms with Gasteiger partial charge in [-0.25, -0.2) is 0 Å². The Morgan fingerprint density at radius 3 is 2.31 bits per heavy atom. The van der Waals surface area contributed by atoms with Gasteiger partial charge in [-0.1, -0.05) is 13.8 Å². The number of hydrogen-bond donors (Lipinski definition) is 1. The number of methoxy groups -OCH3 is 1. The van der Waals surface area contributed by atoms with Crippen molar-refractivity contribution in [1.82, 2.24) is 10.2 Å². The maximum absolute atomic E-state index is 5.15. The zero-order valence-corrected chi connectivity index (χ0v) is 11.8. The molecular weight excluding hydrogens is 200 g/mol. The lowest BCUT2D eigenvalue weighted by atomic mass is 10.2. The zero-order chi connectivity index (χ0) is 12.4. The van der Waals surface area contributed by atoms with Gasteiger partial charge in [0.05, 0.1) is 6.61 Å². The Kier molecular flexibility index (Phi) is 9.99. The normalized spacial score (nSPS) is 15.4. The van der Waals surface area contributed by atoms with Gasteiger partial charge in [-0.3, -0.25) is 4.90 Å². The van der Waals surface area contributed by atoms with Crippen LogP contribution in [0, 0.1) is 0 Å². The van der Waals surface area contributed by atoms with E-state index in [0.29, 0.717) is 12.1 Å². The van der Waals surface area contributed by atoms with E-state index in [1.54, 1.807) is 7.11 Å². The van der Waals surface area contributed by atoms with Crippen molar-refractivity contribution in [2.24, 2.45) is 0 Å². The minimum atomic E-state index is 0.626. The molecule has 0 aromatic rings. The number of nitrogens with zero attached hydrogens (tertiary/aromatic N) is 1. The molecule has 0 heterocycles. The lowest BCUT2D eigenvalue weighted by Gasteiger charge is -2.28. The van der Waals surface area contributed by atoms with E-state index in [1.807, 2.05) is 0 Å². The summed E-state index contributed by atoms with van der Waals surface area (Å²) < 4.78 is 5.15. The fourth-order valence-corrected chi connectivity index (χ4v) is 1.62. The minimum Gasteiger partial charge on any atom is -0.383 e. The summed E-state index contributed by atoms with van der Waals surface area (Å²) in [7, 11) is 1.77. The van der Waals surface area contributed by atoms with Crippen LogP contribution >= 0.6 is 0 Å². The second-order valence-electron chi connectivity index (χ2n) is 4.55. The molecule has 98 valence electrons. The van der Waals surface area contributed by atoms with E-state index in [-0.39, 0.29) is 0 Å².